The van der Waals surface area contributed by atoms with Gasteiger partial charge in [-0.15, -0.1) is 0 Å². The summed E-state index contributed by atoms with van der Waals surface area (Å²) in [6, 6.07) is 3.79. The van der Waals surface area contributed by atoms with Crippen molar-refractivity contribution < 1.29 is 9.50 Å². The molecule has 18 heavy (non-hydrogen) atoms. The Morgan fingerprint density at radius 1 is 1.28 bits per heavy atom. The smallest absolute Gasteiger partial charge is 0.349 e. The van der Waals surface area contributed by atoms with Crippen molar-refractivity contribution in [1.82, 2.24) is 14.8 Å². The Labute approximate surface area is 99.7 Å². The fourth-order valence-corrected chi connectivity index (χ4v) is 1.44. The minimum absolute atomic E-state index is 0.169. The van der Waals surface area contributed by atoms with Gasteiger partial charge in [0.05, 0.1) is 5.69 Å². The van der Waals surface area contributed by atoms with E-state index in [1.165, 1.54) is 12.1 Å². The average molecular weight is 249 g/mol. The summed E-state index contributed by atoms with van der Waals surface area (Å²) in [7, 11) is 0. The number of nitrogens with one attached hydrogen (secondary N) is 2. The molecule has 0 radical (unpaired) electrons. The van der Waals surface area contributed by atoms with Crippen molar-refractivity contribution in [3.05, 3.63) is 50.5 Å². The first kappa shape index (κ1) is 11.9. The van der Waals surface area contributed by atoms with Crippen molar-refractivity contribution in [2.75, 3.05) is 6.61 Å². The normalized spacial score (nSPS) is 9.89. The van der Waals surface area contributed by atoms with Crippen LogP contribution in [0.3, 0.4) is 0 Å². The molecular formula is C11H8FN3O3. The van der Waals surface area contributed by atoms with Crippen molar-refractivity contribution in [2.24, 2.45) is 0 Å². The minimum atomic E-state index is -0.757. The molecule has 1 aromatic heterocycles. The van der Waals surface area contributed by atoms with Crippen molar-refractivity contribution in [1.29, 1.82) is 0 Å². The molecule has 0 spiro atoms. The molecular weight excluding hydrogens is 241 g/mol. The maximum absolute atomic E-state index is 13.7. The van der Waals surface area contributed by atoms with E-state index in [0.29, 0.717) is 10.1 Å². The van der Waals surface area contributed by atoms with E-state index in [9.17, 15) is 14.0 Å². The quantitative estimate of drug-likeness (QED) is 0.586. The van der Waals surface area contributed by atoms with E-state index in [4.69, 9.17) is 5.11 Å². The lowest BCUT2D eigenvalue weighted by molar-refractivity contribution is 0.350. The van der Waals surface area contributed by atoms with Crippen LogP contribution in [-0.4, -0.2) is 26.5 Å². The lowest BCUT2D eigenvalue weighted by Gasteiger charge is -2.01. The molecule has 0 fully saturated rings. The largest absolute Gasteiger partial charge is 0.384 e. The van der Waals surface area contributed by atoms with Crippen LogP contribution in [0.5, 0.6) is 0 Å². The van der Waals surface area contributed by atoms with E-state index in [0.717, 1.165) is 6.07 Å². The molecule has 0 saturated heterocycles. The van der Waals surface area contributed by atoms with Crippen LogP contribution >= 0.6 is 0 Å². The number of aromatic nitrogens is 3. The maximum Gasteiger partial charge on any atom is 0.349 e. The molecule has 92 valence electrons. The number of benzene rings is 1. The zero-order chi connectivity index (χ0) is 13.1. The average Bonchev–Trinajstić information content (AvgIpc) is 2.67. The Morgan fingerprint density at radius 2 is 1.94 bits per heavy atom. The molecule has 1 aromatic carbocycles. The summed E-state index contributed by atoms with van der Waals surface area (Å²) < 4.78 is 14.4. The Kier molecular flexibility index (Phi) is 3.12. The highest BCUT2D eigenvalue weighted by Crippen LogP contribution is 2.11. The molecule has 2 aromatic rings. The number of aliphatic hydroxyl groups excluding tert-OH is 1. The van der Waals surface area contributed by atoms with Gasteiger partial charge in [0.1, 0.15) is 12.4 Å². The van der Waals surface area contributed by atoms with Crippen molar-refractivity contribution in [3.63, 3.8) is 0 Å². The van der Waals surface area contributed by atoms with Gasteiger partial charge in [-0.05, 0) is 18.2 Å². The molecule has 3 N–H and O–H groups in total. The van der Waals surface area contributed by atoms with Gasteiger partial charge in [-0.25, -0.2) is 28.7 Å². The molecule has 0 atom stereocenters. The van der Waals surface area contributed by atoms with Crippen molar-refractivity contribution in [2.45, 2.75) is 0 Å². The Bertz CT molecular complexity index is 718. The first-order valence-electron chi connectivity index (χ1n) is 4.93. The van der Waals surface area contributed by atoms with Gasteiger partial charge in [0.15, 0.2) is 0 Å². The highest BCUT2D eigenvalue weighted by molar-refractivity contribution is 5.42. The lowest BCUT2D eigenvalue weighted by atomic mass is 10.2. The topological polar surface area (TPSA) is 90.9 Å². The summed E-state index contributed by atoms with van der Waals surface area (Å²) in [5.41, 5.74) is -1.34. The molecule has 7 heteroatoms. The third-order valence-corrected chi connectivity index (χ3v) is 2.18. The fraction of sp³-hybridized carbons (Fsp3) is 0.0909. The van der Waals surface area contributed by atoms with Crippen LogP contribution in [-0.2, 0) is 0 Å². The number of H-pyrrole nitrogens is 2. The summed E-state index contributed by atoms with van der Waals surface area (Å²) in [6.07, 6.45) is 0. The van der Waals surface area contributed by atoms with Crippen molar-refractivity contribution >= 4 is 0 Å². The van der Waals surface area contributed by atoms with Gasteiger partial charge < -0.3 is 5.11 Å². The van der Waals surface area contributed by atoms with E-state index < -0.39 is 17.2 Å². The summed E-state index contributed by atoms with van der Waals surface area (Å²) in [6.45, 7) is -0.333. The van der Waals surface area contributed by atoms with E-state index in [1.54, 1.807) is 0 Å². The molecule has 6 nitrogen and oxygen atoms in total. The SMILES string of the molecule is O=c1[nH][nH]c(=O)n1-c1ccc(C#CCO)cc1F. The molecule has 0 saturated carbocycles. The van der Waals surface area contributed by atoms with Gasteiger partial charge in [0, 0.05) is 5.56 Å². The predicted octanol–water partition coefficient (Wildman–Crippen LogP) is -0.663. The molecule has 0 amide bonds. The van der Waals surface area contributed by atoms with Gasteiger partial charge in [-0.2, -0.15) is 0 Å². The van der Waals surface area contributed by atoms with Gasteiger partial charge in [0.25, 0.3) is 0 Å². The summed E-state index contributed by atoms with van der Waals surface area (Å²) in [5, 5.41) is 12.6. The second kappa shape index (κ2) is 4.73. The van der Waals surface area contributed by atoms with E-state index in [1.807, 2.05) is 0 Å². The maximum atomic E-state index is 13.7. The van der Waals surface area contributed by atoms with Crippen LogP contribution in [0, 0.1) is 17.7 Å². The third-order valence-electron chi connectivity index (χ3n) is 2.18. The zero-order valence-electron chi connectivity index (χ0n) is 9.03. The Balaban J connectivity index is 2.55. The second-order valence-corrected chi connectivity index (χ2v) is 3.32. The highest BCUT2D eigenvalue weighted by Gasteiger charge is 2.11. The minimum Gasteiger partial charge on any atom is -0.384 e. The van der Waals surface area contributed by atoms with Gasteiger partial charge >= 0.3 is 11.4 Å². The number of aliphatic hydroxyl groups is 1. The molecule has 0 aliphatic rings. The number of rotatable bonds is 1. The first-order chi connectivity index (χ1) is 8.63. The summed E-state index contributed by atoms with van der Waals surface area (Å²) in [5.74, 6) is 4.12. The monoisotopic (exact) mass is 249 g/mol. The number of hydrogen-bond donors (Lipinski definition) is 3. The predicted molar refractivity (Wildman–Crippen MR) is 60.9 cm³/mol. The summed E-state index contributed by atoms with van der Waals surface area (Å²) in [4.78, 5) is 22.6. The number of halogens is 1. The number of hydrogen-bond acceptors (Lipinski definition) is 3. The van der Waals surface area contributed by atoms with Gasteiger partial charge in [-0.3, -0.25) is 0 Å². The van der Waals surface area contributed by atoms with Crippen LogP contribution in [0.25, 0.3) is 5.69 Å². The second-order valence-electron chi connectivity index (χ2n) is 3.32. The van der Waals surface area contributed by atoms with E-state index >= 15 is 0 Å². The van der Waals surface area contributed by atoms with Crippen LogP contribution in [0.15, 0.2) is 27.8 Å². The Morgan fingerprint density at radius 3 is 2.50 bits per heavy atom. The zero-order valence-corrected chi connectivity index (χ0v) is 9.03. The molecule has 2 rings (SSSR count). The number of aromatic amines is 2. The molecule has 0 unspecified atom stereocenters. The van der Waals surface area contributed by atoms with Crippen LogP contribution in [0.2, 0.25) is 0 Å². The van der Waals surface area contributed by atoms with Crippen LogP contribution in [0.4, 0.5) is 4.39 Å². The molecule has 0 aliphatic heterocycles. The van der Waals surface area contributed by atoms with Crippen LogP contribution < -0.4 is 11.4 Å². The molecule has 0 bridgehead atoms. The van der Waals surface area contributed by atoms with Crippen LogP contribution in [0.1, 0.15) is 5.56 Å². The third kappa shape index (κ3) is 2.09. The van der Waals surface area contributed by atoms with Crippen molar-refractivity contribution in [3.8, 4) is 17.5 Å². The first-order valence-corrected chi connectivity index (χ1v) is 4.93. The van der Waals surface area contributed by atoms with Gasteiger partial charge in [-0.1, -0.05) is 11.8 Å². The summed E-state index contributed by atoms with van der Waals surface area (Å²) >= 11 is 0. The molecule has 1 heterocycles. The molecule has 0 aliphatic carbocycles. The van der Waals surface area contributed by atoms with E-state index in [2.05, 4.69) is 22.0 Å². The number of nitrogens with zero attached hydrogens (tertiary/aromatic N) is 1. The van der Waals surface area contributed by atoms with E-state index in [-0.39, 0.29) is 12.3 Å². The fourth-order valence-electron chi connectivity index (χ4n) is 1.44. The standard InChI is InChI=1S/C11H8FN3O3/c12-8-6-7(2-1-5-16)3-4-9(8)15-10(17)13-14-11(15)18/h3-4,6,16H,5H2,(H,13,17)(H,14,18). The van der Waals surface area contributed by atoms with Gasteiger partial charge in [0.2, 0.25) is 0 Å². The highest BCUT2D eigenvalue weighted by atomic mass is 19.1. The lowest BCUT2D eigenvalue weighted by Crippen LogP contribution is -2.25. The Hall–Kier alpha value is -2.59.